The Bertz CT molecular complexity index is 174. The molecule has 0 fully saturated rings. The zero-order chi connectivity index (χ0) is 11.7. The van der Waals surface area contributed by atoms with Gasteiger partial charge in [0, 0.05) is 12.6 Å². The first kappa shape index (κ1) is 14.4. The van der Waals surface area contributed by atoms with Gasteiger partial charge in [-0.2, -0.15) is 0 Å². The summed E-state index contributed by atoms with van der Waals surface area (Å²) < 4.78 is 0. The maximum atomic E-state index is 10.4. The molecule has 0 rings (SSSR count). The van der Waals surface area contributed by atoms with Crippen molar-refractivity contribution in [3.63, 3.8) is 0 Å². The summed E-state index contributed by atoms with van der Waals surface area (Å²) in [5, 5.41) is 11.7. The third-order valence-corrected chi connectivity index (χ3v) is 2.49. The minimum absolute atomic E-state index is 0.351. The first-order valence-corrected chi connectivity index (χ1v) is 5.79. The molecule has 2 unspecified atom stereocenters. The summed E-state index contributed by atoms with van der Waals surface area (Å²) in [5.74, 6) is -0.944. The molecule has 0 saturated carbocycles. The highest BCUT2D eigenvalue weighted by molar-refractivity contribution is 5.73. The highest BCUT2D eigenvalue weighted by Gasteiger charge is 2.11. The first-order chi connectivity index (χ1) is 7.07. The molecule has 0 aromatic heterocycles. The van der Waals surface area contributed by atoms with E-state index in [9.17, 15) is 4.79 Å². The molecule has 4 N–H and O–H groups in total. The molecule has 0 saturated heterocycles. The molecule has 4 nitrogen and oxygen atoms in total. The zero-order valence-corrected chi connectivity index (χ0v) is 9.83. The van der Waals surface area contributed by atoms with Crippen molar-refractivity contribution in [2.75, 3.05) is 6.54 Å². The van der Waals surface area contributed by atoms with Crippen molar-refractivity contribution in [1.29, 1.82) is 0 Å². The normalized spacial score (nSPS) is 14.9. The minimum Gasteiger partial charge on any atom is -0.480 e. The van der Waals surface area contributed by atoms with Gasteiger partial charge in [0.15, 0.2) is 0 Å². The Kier molecular flexibility index (Phi) is 8.33. The summed E-state index contributed by atoms with van der Waals surface area (Å²) >= 11 is 0. The molecule has 0 aliphatic heterocycles. The van der Waals surface area contributed by atoms with Crippen LogP contribution in [0.5, 0.6) is 0 Å². The van der Waals surface area contributed by atoms with Gasteiger partial charge >= 0.3 is 5.97 Å². The van der Waals surface area contributed by atoms with Crippen molar-refractivity contribution in [2.45, 2.75) is 58.0 Å². The fourth-order valence-electron chi connectivity index (χ4n) is 1.39. The molecular formula is C11H24N2O2. The van der Waals surface area contributed by atoms with Crippen LogP contribution in [-0.4, -0.2) is 29.7 Å². The summed E-state index contributed by atoms with van der Waals surface area (Å²) in [6.07, 6.45) is 6.07. The van der Waals surface area contributed by atoms with Crippen molar-refractivity contribution in [2.24, 2.45) is 5.73 Å². The van der Waals surface area contributed by atoms with Gasteiger partial charge in [0.25, 0.3) is 0 Å². The third kappa shape index (κ3) is 8.39. The van der Waals surface area contributed by atoms with Gasteiger partial charge in [-0.25, -0.2) is 0 Å². The Morgan fingerprint density at radius 2 is 2.07 bits per heavy atom. The van der Waals surface area contributed by atoms with Gasteiger partial charge < -0.3 is 16.2 Å². The monoisotopic (exact) mass is 216 g/mol. The van der Waals surface area contributed by atoms with E-state index in [-0.39, 0.29) is 0 Å². The molecule has 90 valence electrons. The SMILES string of the molecule is CCCCCCC(C)NCC(N)C(=O)O. The second-order valence-corrected chi connectivity index (χ2v) is 4.10. The summed E-state index contributed by atoms with van der Waals surface area (Å²) in [7, 11) is 0. The van der Waals surface area contributed by atoms with E-state index in [0.29, 0.717) is 12.6 Å². The van der Waals surface area contributed by atoms with E-state index in [1.54, 1.807) is 0 Å². The van der Waals surface area contributed by atoms with Crippen LogP contribution in [0.3, 0.4) is 0 Å². The van der Waals surface area contributed by atoms with E-state index < -0.39 is 12.0 Å². The smallest absolute Gasteiger partial charge is 0.321 e. The van der Waals surface area contributed by atoms with E-state index in [0.717, 1.165) is 6.42 Å². The molecule has 0 aliphatic rings. The van der Waals surface area contributed by atoms with E-state index in [4.69, 9.17) is 10.8 Å². The zero-order valence-electron chi connectivity index (χ0n) is 9.83. The second-order valence-electron chi connectivity index (χ2n) is 4.10. The molecule has 2 atom stereocenters. The summed E-state index contributed by atoms with van der Waals surface area (Å²) in [5.41, 5.74) is 5.38. The Labute approximate surface area is 92.2 Å². The number of unbranched alkanes of at least 4 members (excludes halogenated alkanes) is 3. The standard InChI is InChI=1S/C11H24N2O2/c1-3-4-5-6-7-9(2)13-8-10(12)11(14)15/h9-10,13H,3-8,12H2,1-2H3,(H,14,15). The van der Waals surface area contributed by atoms with Gasteiger partial charge in [-0.15, -0.1) is 0 Å². The number of rotatable bonds is 9. The van der Waals surface area contributed by atoms with Crippen LogP contribution in [-0.2, 0) is 4.79 Å². The second kappa shape index (κ2) is 8.68. The number of carboxylic acid groups (broad SMARTS) is 1. The van der Waals surface area contributed by atoms with Crippen LogP contribution in [0.25, 0.3) is 0 Å². The van der Waals surface area contributed by atoms with Gasteiger partial charge in [0.05, 0.1) is 0 Å². The third-order valence-electron chi connectivity index (χ3n) is 2.49. The van der Waals surface area contributed by atoms with E-state index >= 15 is 0 Å². The molecule has 0 aliphatic carbocycles. The van der Waals surface area contributed by atoms with Crippen molar-refractivity contribution >= 4 is 5.97 Å². The van der Waals surface area contributed by atoms with E-state index in [2.05, 4.69) is 19.2 Å². The number of nitrogens with two attached hydrogens (primary N) is 1. The van der Waals surface area contributed by atoms with Gasteiger partial charge in [-0.1, -0.05) is 32.6 Å². The van der Waals surface area contributed by atoms with Crippen LogP contribution in [0.4, 0.5) is 0 Å². The number of hydrogen-bond acceptors (Lipinski definition) is 3. The lowest BCUT2D eigenvalue weighted by molar-refractivity contribution is -0.138. The predicted octanol–water partition coefficient (Wildman–Crippen LogP) is 1.35. The Hall–Kier alpha value is -0.610. The molecular weight excluding hydrogens is 192 g/mol. The number of hydrogen-bond donors (Lipinski definition) is 3. The Balaban J connectivity index is 3.40. The number of aliphatic carboxylic acids is 1. The van der Waals surface area contributed by atoms with Gasteiger partial charge in [-0.3, -0.25) is 4.79 Å². The average molecular weight is 216 g/mol. The number of nitrogens with one attached hydrogen (secondary N) is 1. The topological polar surface area (TPSA) is 75.3 Å². The highest BCUT2D eigenvalue weighted by Crippen LogP contribution is 2.04. The fourth-order valence-corrected chi connectivity index (χ4v) is 1.39. The maximum Gasteiger partial charge on any atom is 0.321 e. The van der Waals surface area contributed by atoms with E-state index in [1.165, 1.54) is 25.7 Å². The molecule has 0 aromatic rings. The van der Waals surface area contributed by atoms with E-state index in [1.807, 2.05) is 0 Å². The molecule has 0 amide bonds. The number of carbonyl (C=O) groups is 1. The highest BCUT2D eigenvalue weighted by atomic mass is 16.4. The molecule has 0 bridgehead atoms. The van der Waals surface area contributed by atoms with Crippen LogP contribution >= 0.6 is 0 Å². The van der Waals surface area contributed by atoms with Gasteiger partial charge in [-0.05, 0) is 13.3 Å². The van der Waals surface area contributed by atoms with Crippen LogP contribution in [0.1, 0.15) is 46.0 Å². The molecule has 0 heterocycles. The molecule has 0 aromatic carbocycles. The predicted molar refractivity (Wildman–Crippen MR) is 61.8 cm³/mol. The van der Waals surface area contributed by atoms with Crippen molar-refractivity contribution < 1.29 is 9.90 Å². The Morgan fingerprint density at radius 3 is 2.60 bits per heavy atom. The molecule has 0 spiro atoms. The average Bonchev–Trinajstić information content (AvgIpc) is 2.20. The van der Waals surface area contributed by atoms with Crippen LogP contribution < -0.4 is 11.1 Å². The molecule has 4 heteroatoms. The first-order valence-electron chi connectivity index (χ1n) is 5.79. The fraction of sp³-hybridized carbons (Fsp3) is 0.909. The van der Waals surface area contributed by atoms with Gasteiger partial charge in [0.2, 0.25) is 0 Å². The largest absolute Gasteiger partial charge is 0.480 e. The summed E-state index contributed by atoms with van der Waals surface area (Å²) in [6.45, 7) is 4.61. The minimum atomic E-state index is -0.944. The summed E-state index contributed by atoms with van der Waals surface area (Å²) in [6, 6.07) is -0.435. The molecule has 0 radical (unpaired) electrons. The van der Waals surface area contributed by atoms with Gasteiger partial charge in [0.1, 0.15) is 6.04 Å². The maximum absolute atomic E-state index is 10.4. The lowest BCUT2D eigenvalue weighted by Crippen LogP contribution is -2.43. The van der Waals surface area contributed by atoms with Crippen molar-refractivity contribution in [3.8, 4) is 0 Å². The van der Waals surface area contributed by atoms with Crippen molar-refractivity contribution in [3.05, 3.63) is 0 Å². The lowest BCUT2D eigenvalue weighted by atomic mass is 10.1. The quantitative estimate of drug-likeness (QED) is 0.508. The lowest BCUT2D eigenvalue weighted by Gasteiger charge is -2.15. The van der Waals surface area contributed by atoms with Crippen LogP contribution in [0, 0.1) is 0 Å². The number of carboxylic acids is 1. The molecule has 15 heavy (non-hydrogen) atoms. The van der Waals surface area contributed by atoms with Crippen LogP contribution in [0.2, 0.25) is 0 Å². The van der Waals surface area contributed by atoms with Crippen LogP contribution in [0.15, 0.2) is 0 Å². The Morgan fingerprint density at radius 1 is 1.40 bits per heavy atom. The van der Waals surface area contributed by atoms with Crippen molar-refractivity contribution in [1.82, 2.24) is 5.32 Å². The summed E-state index contributed by atoms with van der Waals surface area (Å²) in [4.78, 5) is 10.4.